The molecular weight excluding hydrogens is 395 g/mol. The first-order valence-electron chi connectivity index (χ1n) is 9.19. The third-order valence-corrected chi connectivity index (χ3v) is 3.83. The van der Waals surface area contributed by atoms with Crippen molar-refractivity contribution in [1.82, 2.24) is 10.3 Å². The zero-order valence-electron chi connectivity index (χ0n) is 16.9. The second-order valence-corrected chi connectivity index (χ2v) is 7.52. The molecule has 2 rings (SSSR count). The van der Waals surface area contributed by atoms with E-state index in [1.807, 2.05) is 18.2 Å². The highest BCUT2D eigenvalue weighted by Crippen LogP contribution is 2.29. The number of allylic oxidation sites excluding steroid dienone is 1. The standard InChI is InChI=1S/C22H22F3N3O2/c1-21(2,3)30-20(29)27-10-9-15-5-4-6-16(11-15)12-17(13-26)19-8-7-18(14-28-19)22(23,24)25/h4-8,11-12,14H,9-10H2,1-3H3,(H,27,29)/b17-12+. The fourth-order valence-electron chi connectivity index (χ4n) is 2.51. The van der Waals surface area contributed by atoms with Gasteiger partial charge in [0.15, 0.2) is 0 Å². The van der Waals surface area contributed by atoms with Gasteiger partial charge >= 0.3 is 12.3 Å². The Morgan fingerprint density at radius 2 is 1.97 bits per heavy atom. The number of alkyl halides is 3. The first kappa shape index (κ1) is 22.9. The fraction of sp³-hybridized carbons (Fsp3) is 0.318. The minimum atomic E-state index is -4.48. The lowest BCUT2D eigenvalue weighted by Gasteiger charge is -2.19. The van der Waals surface area contributed by atoms with Gasteiger partial charge in [-0.3, -0.25) is 4.98 Å². The topological polar surface area (TPSA) is 75.0 Å². The van der Waals surface area contributed by atoms with Gasteiger partial charge in [-0.2, -0.15) is 18.4 Å². The van der Waals surface area contributed by atoms with Gasteiger partial charge in [0.1, 0.15) is 11.7 Å². The van der Waals surface area contributed by atoms with Gasteiger partial charge in [0, 0.05) is 12.7 Å². The first-order chi connectivity index (χ1) is 14.0. The normalized spacial score (nSPS) is 12.2. The maximum absolute atomic E-state index is 12.7. The van der Waals surface area contributed by atoms with E-state index in [0.29, 0.717) is 24.7 Å². The van der Waals surface area contributed by atoms with E-state index in [9.17, 15) is 23.2 Å². The summed E-state index contributed by atoms with van der Waals surface area (Å²) in [6.07, 6.45) is -2.18. The first-order valence-corrected chi connectivity index (χ1v) is 9.19. The van der Waals surface area contributed by atoms with Crippen LogP contribution in [0.1, 0.15) is 43.2 Å². The van der Waals surface area contributed by atoms with E-state index in [1.165, 1.54) is 6.07 Å². The Balaban J connectivity index is 2.07. The summed E-state index contributed by atoms with van der Waals surface area (Å²) < 4.78 is 43.2. The van der Waals surface area contributed by atoms with Crippen LogP contribution < -0.4 is 5.32 Å². The molecule has 8 heteroatoms. The number of benzene rings is 1. The van der Waals surface area contributed by atoms with Gasteiger partial charge in [-0.15, -0.1) is 0 Å². The molecule has 1 N–H and O–H groups in total. The maximum Gasteiger partial charge on any atom is 0.417 e. The largest absolute Gasteiger partial charge is 0.444 e. The third-order valence-electron chi connectivity index (χ3n) is 3.83. The van der Waals surface area contributed by atoms with Crippen LogP contribution in [0, 0.1) is 11.3 Å². The van der Waals surface area contributed by atoms with Crippen molar-refractivity contribution in [3.8, 4) is 6.07 Å². The van der Waals surface area contributed by atoms with Crippen molar-refractivity contribution >= 4 is 17.7 Å². The zero-order valence-corrected chi connectivity index (χ0v) is 16.9. The fourth-order valence-corrected chi connectivity index (χ4v) is 2.51. The van der Waals surface area contributed by atoms with Gasteiger partial charge < -0.3 is 10.1 Å². The highest BCUT2D eigenvalue weighted by atomic mass is 19.4. The van der Waals surface area contributed by atoms with Gasteiger partial charge in [0.25, 0.3) is 0 Å². The van der Waals surface area contributed by atoms with Gasteiger partial charge in [-0.05, 0) is 56.5 Å². The summed E-state index contributed by atoms with van der Waals surface area (Å²) in [7, 11) is 0. The van der Waals surface area contributed by atoms with Crippen LogP contribution in [-0.2, 0) is 17.3 Å². The van der Waals surface area contributed by atoms with Crippen LogP contribution in [0.3, 0.4) is 0 Å². The molecule has 5 nitrogen and oxygen atoms in total. The number of halogens is 3. The molecule has 0 radical (unpaired) electrons. The molecule has 1 aromatic heterocycles. The van der Waals surface area contributed by atoms with E-state index in [1.54, 1.807) is 39.0 Å². The van der Waals surface area contributed by atoms with Gasteiger partial charge in [0.05, 0.1) is 16.8 Å². The van der Waals surface area contributed by atoms with Crippen molar-refractivity contribution in [1.29, 1.82) is 5.26 Å². The Morgan fingerprint density at radius 1 is 1.23 bits per heavy atom. The number of alkyl carbamates (subject to hydrolysis) is 1. The molecule has 0 bridgehead atoms. The Morgan fingerprint density at radius 3 is 2.53 bits per heavy atom. The highest BCUT2D eigenvalue weighted by molar-refractivity contribution is 5.88. The molecule has 158 valence electrons. The number of rotatable bonds is 5. The average molecular weight is 417 g/mol. The van der Waals surface area contributed by atoms with E-state index < -0.39 is 23.4 Å². The van der Waals surface area contributed by atoms with Crippen LogP contribution in [0.2, 0.25) is 0 Å². The number of carbonyl (C=O) groups is 1. The van der Waals surface area contributed by atoms with Gasteiger partial charge in [-0.1, -0.05) is 24.3 Å². The van der Waals surface area contributed by atoms with Crippen molar-refractivity contribution in [3.63, 3.8) is 0 Å². The summed E-state index contributed by atoms with van der Waals surface area (Å²) >= 11 is 0. The number of nitriles is 1. The van der Waals surface area contributed by atoms with Crippen molar-refractivity contribution in [2.75, 3.05) is 6.54 Å². The van der Waals surface area contributed by atoms with Gasteiger partial charge in [-0.25, -0.2) is 4.79 Å². The highest BCUT2D eigenvalue weighted by Gasteiger charge is 2.30. The molecule has 0 unspecified atom stereocenters. The molecule has 0 spiro atoms. The molecule has 0 aliphatic rings. The molecule has 0 atom stereocenters. The van der Waals surface area contributed by atoms with E-state index in [0.717, 1.165) is 11.6 Å². The summed E-state index contributed by atoms with van der Waals surface area (Å²) in [5, 5.41) is 12.1. The molecule has 30 heavy (non-hydrogen) atoms. The second-order valence-electron chi connectivity index (χ2n) is 7.52. The van der Waals surface area contributed by atoms with Crippen LogP contribution >= 0.6 is 0 Å². The Labute approximate surface area is 173 Å². The number of hydrogen-bond donors (Lipinski definition) is 1. The van der Waals surface area contributed by atoms with E-state index in [4.69, 9.17) is 4.74 Å². The average Bonchev–Trinajstić information content (AvgIpc) is 2.64. The molecular formula is C22H22F3N3O2. The number of carbonyl (C=O) groups excluding carboxylic acids is 1. The summed E-state index contributed by atoms with van der Waals surface area (Å²) in [6, 6.07) is 11.3. The Hall–Kier alpha value is -3.34. The van der Waals surface area contributed by atoms with Crippen LogP contribution in [0.15, 0.2) is 42.6 Å². The maximum atomic E-state index is 12.7. The lowest BCUT2D eigenvalue weighted by molar-refractivity contribution is -0.137. The Bertz CT molecular complexity index is 953. The molecule has 0 saturated carbocycles. The predicted octanol–water partition coefficient (Wildman–Crippen LogP) is 5.23. The van der Waals surface area contributed by atoms with E-state index in [-0.39, 0.29) is 11.3 Å². The number of amides is 1. The second kappa shape index (κ2) is 9.44. The number of ether oxygens (including phenoxy) is 1. The molecule has 0 aliphatic heterocycles. The number of nitrogens with zero attached hydrogens (tertiary/aromatic N) is 2. The summed E-state index contributed by atoms with van der Waals surface area (Å²) in [6.45, 7) is 5.70. The van der Waals surface area contributed by atoms with Crippen LogP contribution in [0.5, 0.6) is 0 Å². The van der Waals surface area contributed by atoms with Crippen molar-refractivity contribution in [3.05, 3.63) is 65.0 Å². The minimum Gasteiger partial charge on any atom is -0.444 e. The molecule has 1 heterocycles. The van der Waals surface area contributed by atoms with Crippen LogP contribution in [0.25, 0.3) is 11.6 Å². The molecule has 2 aromatic rings. The number of hydrogen-bond acceptors (Lipinski definition) is 4. The molecule has 1 aromatic carbocycles. The van der Waals surface area contributed by atoms with E-state index in [2.05, 4.69) is 10.3 Å². The summed E-state index contributed by atoms with van der Waals surface area (Å²) in [4.78, 5) is 15.4. The van der Waals surface area contributed by atoms with E-state index >= 15 is 0 Å². The number of nitrogens with one attached hydrogen (secondary N) is 1. The molecule has 0 saturated heterocycles. The minimum absolute atomic E-state index is 0.146. The molecule has 1 amide bonds. The SMILES string of the molecule is CC(C)(C)OC(=O)NCCc1cccc(/C=C(\C#N)c2ccc(C(F)(F)F)cn2)c1. The number of aromatic nitrogens is 1. The monoisotopic (exact) mass is 417 g/mol. The van der Waals surface area contributed by atoms with Gasteiger partial charge in [0.2, 0.25) is 0 Å². The molecule has 0 fully saturated rings. The third kappa shape index (κ3) is 7.24. The van der Waals surface area contributed by atoms with Crippen molar-refractivity contribution in [2.24, 2.45) is 0 Å². The summed E-state index contributed by atoms with van der Waals surface area (Å²) in [5.41, 5.74) is 0.466. The van der Waals surface area contributed by atoms with Crippen LogP contribution in [0.4, 0.5) is 18.0 Å². The smallest absolute Gasteiger partial charge is 0.417 e. The zero-order chi connectivity index (χ0) is 22.4. The van der Waals surface area contributed by atoms with Crippen molar-refractivity contribution in [2.45, 2.75) is 39.0 Å². The molecule has 0 aliphatic carbocycles. The summed E-state index contributed by atoms with van der Waals surface area (Å²) in [5.74, 6) is 0. The predicted molar refractivity (Wildman–Crippen MR) is 107 cm³/mol. The number of pyridine rings is 1. The lowest BCUT2D eigenvalue weighted by atomic mass is 10.0. The quantitative estimate of drug-likeness (QED) is 0.676. The van der Waals surface area contributed by atoms with Crippen molar-refractivity contribution < 1.29 is 22.7 Å². The lowest BCUT2D eigenvalue weighted by Crippen LogP contribution is -2.33. The van der Waals surface area contributed by atoms with Crippen LogP contribution in [-0.4, -0.2) is 23.2 Å². The Kier molecular flexibility index (Phi) is 7.22.